The van der Waals surface area contributed by atoms with Gasteiger partial charge in [-0.3, -0.25) is 9.59 Å². The second-order valence-corrected chi connectivity index (χ2v) is 8.05. The maximum absolute atomic E-state index is 13.0. The first-order valence-electron chi connectivity index (χ1n) is 9.77. The molecule has 0 fully saturated rings. The molecule has 0 radical (unpaired) electrons. The Morgan fingerprint density at radius 1 is 1.06 bits per heavy atom. The molecule has 4 rings (SSSR count). The molecule has 4 aromatic rings. The Labute approximate surface area is 192 Å². The number of methoxy groups -OCH3 is 2. The Morgan fingerprint density at radius 3 is 2.56 bits per heavy atom. The molecule has 2 aromatic carbocycles. The summed E-state index contributed by atoms with van der Waals surface area (Å²) in [7, 11) is 3.13. The predicted octanol–water partition coefficient (Wildman–Crippen LogP) is 3.89. The number of rotatable bonds is 6. The van der Waals surface area contributed by atoms with Crippen LogP contribution in [-0.2, 0) is 11.3 Å². The Kier molecular flexibility index (Phi) is 6.00. The number of aryl methyl sites for hydroxylation is 1. The van der Waals surface area contributed by atoms with E-state index < -0.39 is 0 Å². The molecule has 164 valence electrons. The number of ether oxygens (including phenoxy) is 2. The van der Waals surface area contributed by atoms with E-state index in [4.69, 9.17) is 9.47 Å². The molecule has 9 heteroatoms. The summed E-state index contributed by atoms with van der Waals surface area (Å²) >= 11 is 3.44. The normalized spacial score (nSPS) is 10.9. The minimum atomic E-state index is -0.315. The molecule has 0 aliphatic carbocycles. The van der Waals surface area contributed by atoms with Crippen LogP contribution in [-0.4, -0.2) is 34.3 Å². The Morgan fingerprint density at radius 2 is 1.84 bits per heavy atom. The highest BCUT2D eigenvalue weighted by Crippen LogP contribution is 2.31. The second-order valence-electron chi connectivity index (χ2n) is 7.19. The molecule has 2 aromatic heterocycles. The van der Waals surface area contributed by atoms with Gasteiger partial charge in [0.2, 0.25) is 5.91 Å². The van der Waals surface area contributed by atoms with E-state index in [1.54, 1.807) is 44.8 Å². The predicted molar refractivity (Wildman–Crippen MR) is 126 cm³/mol. The largest absolute Gasteiger partial charge is 0.493 e. The minimum absolute atomic E-state index is 0.119. The van der Waals surface area contributed by atoms with E-state index in [0.717, 1.165) is 15.6 Å². The summed E-state index contributed by atoms with van der Waals surface area (Å²) in [5, 5.41) is 7.30. The molecule has 0 spiro atoms. The van der Waals surface area contributed by atoms with Gasteiger partial charge in [-0.25, -0.2) is 4.52 Å². The number of aromatic nitrogens is 3. The van der Waals surface area contributed by atoms with Gasteiger partial charge >= 0.3 is 0 Å². The molecule has 0 atom stereocenters. The van der Waals surface area contributed by atoms with Gasteiger partial charge in [-0.15, -0.1) is 0 Å². The SMILES string of the molecule is COc1ccc(-c2cc3c(=O)n(CC(=O)Nc4ccc(C)cc4Br)ccn3n2)cc1OC. The van der Waals surface area contributed by atoms with E-state index in [-0.39, 0.29) is 18.0 Å². The van der Waals surface area contributed by atoms with Crippen LogP contribution in [0.3, 0.4) is 0 Å². The van der Waals surface area contributed by atoms with Crippen molar-refractivity contribution in [3.63, 3.8) is 0 Å². The molecular formula is C23H21BrN4O4. The van der Waals surface area contributed by atoms with Crippen molar-refractivity contribution in [3.05, 3.63) is 75.2 Å². The van der Waals surface area contributed by atoms with Gasteiger partial charge in [-0.1, -0.05) is 6.07 Å². The summed E-state index contributed by atoms with van der Waals surface area (Å²) in [6, 6.07) is 12.7. The van der Waals surface area contributed by atoms with Gasteiger partial charge in [0.15, 0.2) is 11.5 Å². The Bertz CT molecular complexity index is 1380. The van der Waals surface area contributed by atoms with Crippen molar-refractivity contribution >= 4 is 33.0 Å². The van der Waals surface area contributed by atoms with Crippen molar-refractivity contribution in [1.82, 2.24) is 14.2 Å². The average molecular weight is 497 g/mol. The fourth-order valence-corrected chi connectivity index (χ4v) is 3.95. The molecule has 32 heavy (non-hydrogen) atoms. The fraction of sp³-hybridized carbons (Fsp3) is 0.174. The summed E-state index contributed by atoms with van der Waals surface area (Å²) < 4.78 is 14.3. The number of amides is 1. The lowest BCUT2D eigenvalue weighted by Crippen LogP contribution is -2.28. The van der Waals surface area contributed by atoms with Crippen molar-refractivity contribution in [2.75, 3.05) is 19.5 Å². The highest BCUT2D eigenvalue weighted by molar-refractivity contribution is 9.10. The molecule has 0 unspecified atom stereocenters. The summed E-state index contributed by atoms with van der Waals surface area (Å²) in [5.74, 6) is 0.868. The zero-order chi connectivity index (χ0) is 22.8. The second kappa shape index (κ2) is 8.88. The van der Waals surface area contributed by atoms with Crippen LogP contribution in [0.5, 0.6) is 11.5 Å². The van der Waals surface area contributed by atoms with Crippen molar-refractivity contribution in [1.29, 1.82) is 0 Å². The quantitative estimate of drug-likeness (QED) is 0.437. The van der Waals surface area contributed by atoms with Crippen molar-refractivity contribution in [2.45, 2.75) is 13.5 Å². The summed E-state index contributed by atoms with van der Waals surface area (Å²) in [5.41, 5.74) is 3.15. The summed E-state index contributed by atoms with van der Waals surface area (Å²) in [6.07, 6.45) is 3.19. The third-order valence-electron chi connectivity index (χ3n) is 5.00. The monoisotopic (exact) mass is 496 g/mol. The first kappa shape index (κ1) is 21.6. The lowest BCUT2D eigenvalue weighted by atomic mass is 10.1. The number of benzene rings is 2. The third-order valence-corrected chi connectivity index (χ3v) is 5.65. The Balaban J connectivity index is 1.61. The zero-order valence-electron chi connectivity index (χ0n) is 17.8. The lowest BCUT2D eigenvalue weighted by Gasteiger charge is -2.09. The van der Waals surface area contributed by atoms with Gasteiger partial charge in [-0.05, 0) is 64.8 Å². The highest BCUT2D eigenvalue weighted by atomic mass is 79.9. The van der Waals surface area contributed by atoms with Crippen LogP contribution >= 0.6 is 15.9 Å². The third kappa shape index (κ3) is 4.24. The molecule has 2 heterocycles. The first-order valence-corrected chi connectivity index (χ1v) is 10.6. The van der Waals surface area contributed by atoms with Gasteiger partial charge in [-0.2, -0.15) is 5.10 Å². The summed E-state index contributed by atoms with van der Waals surface area (Å²) in [4.78, 5) is 25.5. The molecular weight excluding hydrogens is 476 g/mol. The number of hydrogen-bond donors (Lipinski definition) is 1. The standard InChI is InChI=1S/C23H21BrN4O4/c1-14-4-6-17(16(24)10-14)25-22(29)13-27-8-9-28-19(23(27)30)12-18(26-28)15-5-7-20(31-2)21(11-15)32-3/h4-12H,13H2,1-3H3,(H,25,29). The minimum Gasteiger partial charge on any atom is -0.493 e. The van der Waals surface area contributed by atoms with E-state index in [1.165, 1.54) is 9.08 Å². The van der Waals surface area contributed by atoms with E-state index in [0.29, 0.717) is 28.4 Å². The molecule has 0 aliphatic rings. The van der Waals surface area contributed by atoms with Crippen molar-refractivity contribution in [3.8, 4) is 22.8 Å². The lowest BCUT2D eigenvalue weighted by molar-refractivity contribution is -0.116. The summed E-state index contributed by atoms with van der Waals surface area (Å²) in [6.45, 7) is 1.85. The molecule has 1 amide bonds. The van der Waals surface area contributed by atoms with Crippen LogP contribution in [0.1, 0.15) is 5.56 Å². The van der Waals surface area contributed by atoms with Crippen LogP contribution in [0.2, 0.25) is 0 Å². The molecule has 0 aliphatic heterocycles. The highest BCUT2D eigenvalue weighted by Gasteiger charge is 2.14. The molecule has 0 saturated heterocycles. The number of fused-ring (bicyclic) bond motifs is 1. The Hall–Kier alpha value is -3.59. The first-order chi connectivity index (χ1) is 15.4. The van der Waals surface area contributed by atoms with Crippen LogP contribution in [0.4, 0.5) is 5.69 Å². The molecule has 8 nitrogen and oxygen atoms in total. The zero-order valence-corrected chi connectivity index (χ0v) is 19.3. The molecule has 0 bridgehead atoms. The van der Waals surface area contributed by atoms with Crippen molar-refractivity contribution in [2.24, 2.45) is 0 Å². The van der Waals surface area contributed by atoms with Crippen LogP contribution < -0.4 is 20.3 Å². The number of anilines is 1. The molecule has 0 saturated carbocycles. The van der Waals surface area contributed by atoms with Crippen LogP contribution in [0.15, 0.2) is 64.1 Å². The number of hydrogen-bond acceptors (Lipinski definition) is 5. The average Bonchev–Trinajstić information content (AvgIpc) is 3.22. The van der Waals surface area contributed by atoms with E-state index in [9.17, 15) is 9.59 Å². The number of nitrogens with zero attached hydrogens (tertiary/aromatic N) is 3. The topological polar surface area (TPSA) is 86.9 Å². The maximum Gasteiger partial charge on any atom is 0.277 e. The molecule has 1 N–H and O–H groups in total. The number of carbonyl (C=O) groups is 1. The number of nitrogens with one attached hydrogen (secondary N) is 1. The van der Waals surface area contributed by atoms with Crippen molar-refractivity contribution < 1.29 is 14.3 Å². The van der Waals surface area contributed by atoms with E-state index in [2.05, 4.69) is 26.3 Å². The smallest absolute Gasteiger partial charge is 0.277 e. The van der Waals surface area contributed by atoms with E-state index >= 15 is 0 Å². The van der Waals surface area contributed by atoms with Gasteiger partial charge in [0.1, 0.15) is 12.1 Å². The van der Waals surface area contributed by atoms with Gasteiger partial charge in [0.25, 0.3) is 5.56 Å². The van der Waals surface area contributed by atoms with Crippen LogP contribution in [0.25, 0.3) is 16.8 Å². The van der Waals surface area contributed by atoms with Gasteiger partial charge in [0, 0.05) is 22.4 Å². The number of halogens is 1. The van der Waals surface area contributed by atoms with E-state index in [1.807, 2.05) is 31.2 Å². The maximum atomic E-state index is 13.0. The van der Waals surface area contributed by atoms with Gasteiger partial charge < -0.3 is 19.4 Å². The van der Waals surface area contributed by atoms with Gasteiger partial charge in [0.05, 0.1) is 25.6 Å². The van der Waals surface area contributed by atoms with Crippen LogP contribution in [0, 0.1) is 6.92 Å². The number of carbonyl (C=O) groups excluding carboxylic acids is 1. The fourth-order valence-electron chi connectivity index (χ4n) is 3.35.